The lowest BCUT2D eigenvalue weighted by molar-refractivity contribution is 0.0520. The van der Waals surface area contributed by atoms with Gasteiger partial charge in [0.15, 0.2) is 5.69 Å². The van der Waals surface area contributed by atoms with Crippen LogP contribution in [-0.2, 0) is 11.3 Å². The van der Waals surface area contributed by atoms with Gasteiger partial charge < -0.3 is 10.5 Å². The van der Waals surface area contributed by atoms with Crippen LogP contribution in [0.2, 0.25) is 0 Å². The average molecular weight is 275 g/mol. The Morgan fingerprint density at radius 3 is 2.95 bits per heavy atom. The fraction of sp³-hybridized carbons (Fsp3) is 0.385. The molecule has 0 aliphatic carbocycles. The molecule has 106 valence electrons. The first-order valence-electron chi connectivity index (χ1n) is 6.50. The smallest absolute Gasteiger partial charge is 0.361 e. The Labute approximate surface area is 116 Å². The van der Waals surface area contributed by atoms with Crippen LogP contribution in [0, 0.1) is 0 Å². The summed E-state index contributed by atoms with van der Waals surface area (Å²) in [5.41, 5.74) is 6.90. The number of aryl methyl sites for hydroxylation is 1. The largest absolute Gasteiger partial charge is 0.461 e. The molecule has 0 spiro atoms. The Kier molecular flexibility index (Phi) is 4.78. The standard InChI is InChI=1S/C13H17N5O2/c1-2-20-13(19)11-12(10-6-3-4-8-15-10)18(17-16-11)9-5-7-14/h3-4,6,8H,2,5,7,9,14H2,1H3. The van der Waals surface area contributed by atoms with Gasteiger partial charge in [-0.1, -0.05) is 11.3 Å². The molecule has 0 saturated heterocycles. The van der Waals surface area contributed by atoms with E-state index in [-0.39, 0.29) is 12.3 Å². The predicted molar refractivity (Wildman–Crippen MR) is 72.9 cm³/mol. The molecule has 2 N–H and O–H groups in total. The van der Waals surface area contributed by atoms with Crippen LogP contribution in [0.4, 0.5) is 0 Å². The number of nitrogens with two attached hydrogens (primary N) is 1. The van der Waals surface area contributed by atoms with Gasteiger partial charge in [0.25, 0.3) is 0 Å². The first-order valence-corrected chi connectivity index (χ1v) is 6.50. The third kappa shape index (κ3) is 3.00. The van der Waals surface area contributed by atoms with E-state index in [1.807, 2.05) is 12.1 Å². The highest BCUT2D eigenvalue weighted by Crippen LogP contribution is 2.20. The third-order valence-corrected chi connectivity index (χ3v) is 2.69. The van der Waals surface area contributed by atoms with E-state index in [0.717, 1.165) is 6.42 Å². The molecule has 0 atom stereocenters. The Bertz CT molecular complexity index is 567. The predicted octanol–water partition coefficient (Wildman–Crippen LogP) is 0.866. The van der Waals surface area contributed by atoms with E-state index in [1.54, 1.807) is 23.9 Å². The Morgan fingerprint density at radius 1 is 1.45 bits per heavy atom. The van der Waals surface area contributed by atoms with Gasteiger partial charge in [-0.2, -0.15) is 0 Å². The number of nitrogens with zero attached hydrogens (tertiary/aromatic N) is 4. The highest BCUT2D eigenvalue weighted by atomic mass is 16.5. The lowest BCUT2D eigenvalue weighted by atomic mass is 10.2. The topological polar surface area (TPSA) is 95.9 Å². The summed E-state index contributed by atoms with van der Waals surface area (Å²) in [6.45, 7) is 3.15. The highest BCUT2D eigenvalue weighted by molar-refractivity contribution is 5.93. The maximum atomic E-state index is 11.9. The van der Waals surface area contributed by atoms with Crippen LogP contribution in [0.5, 0.6) is 0 Å². The minimum atomic E-state index is -0.493. The van der Waals surface area contributed by atoms with Gasteiger partial charge >= 0.3 is 5.97 Å². The number of hydrogen-bond donors (Lipinski definition) is 1. The van der Waals surface area contributed by atoms with Crippen LogP contribution >= 0.6 is 0 Å². The number of pyridine rings is 1. The van der Waals surface area contributed by atoms with Crippen molar-refractivity contribution >= 4 is 5.97 Å². The summed E-state index contributed by atoms with van der Waals surface area (Å²) in [6, 6.07) is 5.46. The quantitative estimate of drug-likeness (QED) is 0.786. The van der Waals surface area contributed by atoms with Gasteiger partial charge in [-0.05, 0) is 32.0 Å². The first-order chi connectivity index (χ1) is 9.77. The highest BCUT2D eigenvalue weighted by Gasteiger charge is 2.22. The summed E-state index contributed by atoms with van der Waals surface area (Å²) >= 11 is 0. The molecule has 2 aromatic rings. The van der Waals surface area contributed by atoms with E-state index in [0.29, 0.717) is 24.5 Å². The average Bonchev–Trinajstić information content (AvgIpc) is 2.90. The second-order valence-electron chi connectivity index (χ2n) is 4.09. The molecule has 2 rings (SSSR count). The number of carbonyl (C=O) groups excluding carboxylic acids is 1. The van der Waals surface area contributed by atoms with E-state index >= 15 is 0 Å². The first kappa shape index (κ1) is 14.1. The molecule has 7 heteroatoms. The van der Waals surface area contributed by atoms with E-state index in [4.69, 9.17) is 10.5 Å². The Balaban J connectivity index is 2.43. The number of esters is 1. The summed E-state index contributed by atoms with van der Waals surface area (Å²) in [4.78, 5) is 16.2. The zero-order chi connectivity index (χ0) is 14.4. The molecule has 0 aliphatic rings. The van der Waals surface area contributed by atoms with Crippen molar-refractivity contribution in [1.29, 1.82) is 0 Å². The molecule has 20 heavy (non-hydrogen) atoms. The van der Waals surface area contributed by atoms with E-state index < -0.39 is 5.97 Å². The zero-order valence-electron chi connectivity index (χ0n) is 11.3. The summed E-state index contributed by atoms with van der Waals surface area (Å²) in [5.74, 6) is -0.493. The molecule has 0 bridgehead atoms. The number of aromatic nitrogens is 4. The summed E-state index contributed by atoms with van der Waals surface area (Å²) in [7, 11) is 0. The van der Waals surface area contributed by atoms with Crippen LogP contribution in [0.15, 0.2) is 24.4 Å². The van der Waals surface area contributed by atoms with Crippen LogP contribution in [0.1, 0.15) is 23.8 Å². The van der Waals surface area contributed by atoms with Crippen molar-refractivity contribution in [3.05, 3.63) is 30.1 Å². The van der Waals surface area contributed by atoms with Crippen LogP contribution in [0.3, 0.4) is 0 Å². The van der Waals surface area contributed by atoms with Gasteiger partial charge in [0.2, 0.25) is 0 Å². The Morgan fingerprint density at radius 2 is 2.30 bits per heavy atom. The fourth-order valence-corrected chi connectivity index (χ4v) is 1.80. The number of ether oxygens (including phenoxy) is 1. The number of hydrogen-bond acceptors (Lipinski definition) is 6. The van der Waals surface area contributed by atoms with Gasteiger partial charge in [0.05, 0.1) is 12.3 Å². The molecular weight excluding hydrogens is 258 g/mol. The van der Waals surface area contributed by atoms with Crippen molar-refractivity contribution in [2.24, 2.45) is 5.73 Å². The summed E-state index contributed by atoms with van der Waals surface area (Å²) < 4.78 is 6.64. The maximum absolute atomic E-state index is 11.9. The minimum Gasteiger partial charge on any atom is -0.461 e. The number of carbonyl (C=O) groups is 1. The van der Waals surface area contributed by atoms with E-state index in [1.165, 1.54) is 0 Å². The van der Waals surface area contributed by atoms with Crippen molar-refractivity contribution in [2.75, 3.05) is 13.2 Å². The van der Waals surface area contributed by atoms with E-state index in [2.05, 4.69) is 15.3 Å². The molecular formula is C13H17N5O2. The van der Waals surface area contributed by atoms with Crippen LogP contribution in [0.25, 0.3) is 11.4 Å². The molecule has 2 aromatic heterocycles. The number of rotatable bonds is 6. The normalized spacial score (nSPS) is 10.5. The van der Waals surface area contributed by atoms with Crippen LogP contribution in [-0.4, -0.2) is 39.1 Å². The van der Waals surface area contributed by atoms with Gasteiger partial charge in [-0.3, -0.25) is 4.98 Å². The fourth-order valence-electron chi connectivity index (χ4n) is 1.80. The molecule has 0 aromatic carbocycles. The van der Waals surface area contributed by atoms with Gasteiger partial charge in [-0.25, -0.2) is 9.48 Å². The van der Waals surface area contributed by atoms with Crippen molar-refractivity contribution in [2.45, 2.75) is 19.9 Å². The lowest BCUT2D eigenvalue weighted by Crippen LogP contribution is -2.11. The molecule has 0 radical (unpaired) electrons. The molecule has 7 nitrogen and oxygen atoms in total. The molecule has 0 saturated carbocycles. The maximum Gasteiger partial charge on any atom is 0.361 e. The van der Waals surface area contributed by atoms with Crippen molar-refractivity contribution < 1.29 is 9.53 Å². The second kappa shape index (κ2) is 6.76. The molecule has 0 fully saturated rings. The van der Waals surface area contributed by atoms with Gasteiger partial charge in [0.1, 0.15) is 5.69 Å². The summed E-state index contributed by atoms with van der Waals surface area (Å²) in [5, 5.41) is 7.93. The van der Waals surface area contributed by atoms with Gasteiger partial charge in [-0.15, -0.1) is 5.10 Å². The van der Waals surface area contributed by atoms with Crippen molar-refractivity contribution in [1.82, 2.24) is 20.0 Å². The minimum absolute atomic E-state index is 0.183. The second-order valence-corrected chi connectivity index (χ2v) is 4.09. The van der Waals surface area contributed by atoms with Crippen molar-refractivity contribution in [3.63, 3.8) is 0 Å². The molecule has 2 heterocycles. The monoisotopic (exact) mass is 275 g/mol. The molecule has 0 amide bonds. The Hall–Kier alpha value is -2.28. The van der Waals surface area contributed by atoms with Crippen molar-refractivity contribution in [3.8, 4) is 11.4 Å². The SMILES string of the molecule is CCOC(=O)c1nnn(CCCN)c1-c1ccccn1. The molecule has 0 aliphatic heterocycles. The summed E-state index contributed by atoms with van der Waals surface area (Å²) in [6.07, 6.45) is 2.40. The third-order valence-electron chi connectivity index (χ3n) is 2.69. The zero-order valence-corrected chi connectivity index (χ0v) is 11.3. The van der Waals surface area contributed by atoms with Crippen LogP contribution < -0.4 is 5.73 Å². The van der Waals surface area contributed by atoms with Gasteiger partial charge in [0, 0.05) is 12.7 Å². The molecule has 0 unspecified atom stereocenters. The van der Waals surface area contributed by atoms with E-state index in [9.17, 15) is 4.79 Å². The lowest BCUT2D eigenvalue weighted by Gasteiger charge is -2.06.